The maximum Gasteiger partial charge on any atom is 0.254 e. The van der Waals surface area contributed by atoms with Crippen molar-refractivity contribution in [3.05, 3.63) is 72.6 Å². The van der Waals surface area contributed by atoms with Gasteiger partial charge in [0.1, 0.15) is 6.54 Å². The number of amides is 1. The van der Waals surface area contributed by atoms with Crippen molar-refractivity contribution in [2.45, 2.75) is 11.4 Å². The number of sulfonamides is 1. The summed E-state index contributed by atoms with van der Waals surface area (Å²) in [6.07, 6.45) is 5.05. The maximum atomic E-state index is 12.8. The van der Waals surface area contributed by atoms with E-state index in [1.54, 1.807) is 29.4 Å². The molecule has 0 radical (unpaired) electrons. The monoisotopic (exact) mass is 401 g/mol. The molecule has 1 saturated heterocycles. The van der Waals surface area contributed by atoms with Gasteiger partial charge in [0, 0.05) is 30.1 Å². The van der Waals surface area contributed by atoms with E-state index in [0.29, 0.717) is 18.7 Å². The minimum absolute atomic E-state index is 0.0853. The molecule has 1 aliphatic heterocycles. The van der Waals surface area contributed by atoms with Gasteiger partial charge in [-0.25, -0.2) is 13.1 Å². The largest absolute Gasteiger partial charge is 0.328 e. The summed E-state index contributed by atoms with van der Waals surface area (Å²) in [4.78, 5) is 20.2. The Balaban J connectivity index is 1.62. The summed E-state index contributed by atoms with van der Waals surface area (Å²) in [7, 11) is -3.65. The number of hydrogen-bond acceptors (Lipinski definition) is 4. The first kappa shape index (κ1) is 20.2. The van der Waals surface area contributed by atoms with Crippen molar-refractivity contribution in [2.75, 3.05) is 32.7 Å². The molecule has 1 amide bonds. The summed E-state index contributed by atoms with van der Waals surface area (Å²) in [5.41, 5.74) is 1.62. The lowest BCUT2D eigenvalue weighted by Gasteiger charge is -2.32. The molecular formula is C20H25N4O3S+. The number of hydrogen-bond donors (Lipinski definition) is 2. The molecule has 0 aliphatic carbocycles. The van der Waals surface area contributed by atoms with Crippen LogP contribution in [0.5, 0.6) is 0 Å². The fraction of sp³-hybridized carbons (Fsp3) is 0.300. The van der Waals surface area contributed by atoms with Crippen LogP contribution >= 0.6 is 0 Å². The molecule has 7 nitrogen and oxygen atoms in total. The van der Waals surface area contributed by atoms with Crippen LogP contribution in [0.15, 0.2) is 66.3 Å². The molecule has 3 rings (SSSR count). The third-order valence-electron chi connectivity index (χ3n) is 4.77. The molecule has 2 N–H and O–H groups in total. The number of carbonyl (C=O) groups is 1. The number of quaternary nitrogens is 1. The van der Waals surface area contributed by atoms with E-state index >= 15 is 0 Å². The molecule has 0 bridgehead atoms. The highest BCUT2D eigenvalue weighted by molar-refractivity contribution is 7.89. The highest BCUT2D eigenvalue weighted by Crippen LogP contribution is 2.13. The van der Waals surface area contributed by atoms with E-state index in [-0.39, 0.29) is 17.3 Å². The van der Waals surface area contributed by atoms with Gasteiger partial charge in [0.15, 0.2) is 0 Å². The zero-order valence-electron chi connectivity index (χ0n) is 15.7. The molecule has 2 aromatic rings. The van der Waals surface area contributed by atoms with Crippen molar-refractivity contribution in [1.82, 2.24) is 14.6 Å². The molecule has 8 heteroatoms. The summed E-state index contributed by atoms with van der Waals surface area (Å²) < 4.78 is 27.0. The van der Waals surface area contributed by atoms with Gasteiger partial charge in [-0.2, -0.15) is 0 Å². The number of aromatic nitrogens is 1. The first-order valence-corrected chi connectivity index (χ1v) is 10.7. The Labute approximate surface area is 165 Å². The summed E-state index contributed by atoms with van der Waals surface area (Å²) in [6, 6.07) is 10.2. The summed E-state index contributed by atoms with van der Waals surface area (Å²) in [5, 5.41) is 0. The lowest BCUT2D eigenvalue weighted by Crippen LogP contribution is -3.13. The van der Waals surface area contributed by atoms with Crippen LogP contribution in [0.25, 0.3) is 0 Å². The summed E-state index contributed by atoms with van der Waals surface area (Å²) >= 11 is 0. The van der Waals surface area contributed by atoms with Crippen molar-refractivity contribution < 1.29 is 18.1 Å². The van der Waals surface area contributed by atoms with Gasteiger partial charge in [0.2, 0.25) is 10.0 Å². The smallest absolute Gasteiger partial charge is 0.254 e. The number of rotatable bonds is 7. The van der Waals surface area contributed by atoms with E-state index in [2.05, 4.69) is 16.3 Å². The molecule has 1 aromatic heterocycles. The van der Waals surface area contributed by atoms with Gasteiger partial charge in [-0.1, -0.05) is 12.1 Å². The molecular weight excluding hydrogens is 376 g/mol. The Bertz CT molecular complexity index is 923. The quantitative estimate of drug-likeness (QED) is 0.644. The minimum Gasteiger partial charge on any atom is -0.328 e. The fourth-order valence-corrected chi connectivity index (χ4v) is 4.27. The first-order valence-electron chi connectivity index (χ1n) is 9.22. The number of nitrogens with zero attached hydrogens (tertiary/aromatic N) is 2. The molecule has 1 aromatic carbocycles. The standard InChI is InChI=1S/C20H24N4O3S/c1-2-8-22-28(26,27)19-5-3-4-18(15-19)20(25)24-13-11-23(12-14-24)16-17-6-9-21-10-7-17/h2-7,9-10,15,22H,1,8,11-14,16H2/p+1. The number of pyridine rings is 1. The number of nitrogens with one attached hydrogen (secondary N) is 2. The highest BCUT2D eigenvalue weighted by atomic mass is 32.2. The van der Waals surface area contributed by atoms with Crippen molar-refractivity contribution in [1.29, 1.82) is 0 Å². The van der Waals surface area contributed by atoms with Gasteiger partial charge in [-0.05, 0) is 30.3 Å². The minimum atomic E-state index is -3.65. The SMILES string of the molecule is C=CCNS(=O)(=O)c1cccc(C(=O)N2CC[NH+](Cc3ccncc3)CC2)c1. The molecule has 1 fully saturated rings. The van der Waals surface area contributed by atoms with E-state index in [1.807, 2.05) is 12.1 Å². The zero-order valence-corrected chi connectivity index (χ0v) is 16.5. The average Bonchev–Trinajstić information content (AvgIpc) is 2.73. The lowest BCUT2D eigenvalue weighted by molar-refractivity contribution is -0.917. The molecule has 0 spiro atoms. The zero-order chi connectivity index (χ0) is 20.0. The topological polar surface area (TPSA) is 83.8 Å². The summed E-state index contributed by atoms with van der Waals surface area (Å²) in [5.74, 6) is -0.135. The normalized spacial score (nSPS) is 15.4. The molecule has 148 valence electrons. The predicted octanol–water partition coefficient (Wildman–Crippen LogP) is 0.0868. The van der Waals surface area contributed by atoms with E-state index in [1.165, 1.54) is 28.7 Å². The van der Waals surface area contributed by atoms with Gasteiger partial charge in [0.05, 0.1) is 31.1 Å². The second-order valence-corrected chi connectivity index (χ2v) is 8.51. The molecule has 28 heavy (non-hydrogen) atoms. The number of piperazine rings is 1. The highest BCUT2D eigenvalue weighted by Gasteiger charge is 2.25. The summed E-state index contributed by atoms with van der Waals surface area (Å²) in [6.45, 7) is 7.55. The number of carbonyl (C=O) groups excluding carboxylic acids is 1. The van der Waals surface area contributed by atoms with Crippen LogP contribution in [0.3, 0.4) is 0 Å². The Morgan fingerprint density at radius 2 is 1.93 bits per heavy atom. The van der Waals surface area contributed by atoms with Crippen LogP contribution < -0.4 is 9.62 Å². The van der Waals surface area contributed by atoms with E-state index in [0.717, 1.165) is 19.6 Å². The fourth-order valence-electron chi connectivity index (χ4n) is 3.22. The second kappa shape index (κ2) is 9.09. The van der Waals surface area contributed by atoms with E-state index < -0.39 is 10.0 Å². The van der Waals surface area contributed by atoms with Crippen LogP contribution in [0.4, 0.5) is 0 Å². The Hall–Kier alpha value is -2.55. The number of benzene rings is 1. The van der Waals surface area contributed by atoms with Crippen LogP contribution in [0, 0.1) is 0 Å². The van der Waals surface area contributed by atoms with E-state index in [4.69, 9.17) is 0 Å². The van der Waals surface area contributed by atoms with Gasteiger partial charge >= 0.3 is 0 Å². The van der Waals surface area contributed by atoms with Crippen molar-refractivity contribution >= 4 is 15.9 Å². The van der Waals surface area contributed by atoms with Crippen molar-refractivity contribution in [3.8, 4) is 0 Å². The Morgan fingerprint density at radius 1 is 1.21 bits per heavy atom. The van der Waals surface area contributed by atoms with Crippen molar-refractivity contribution in [2.24, 2.45) is 0 Å². The van der Waals surface area contributed by atoms with E-state index in [9.17, 15) is 13.2 Å². The molecule has 0 saturated carbocycles. The Morgan fingerprint density at radius 3 is 2.61 bits per heavy atom. The van der Waals surface area contributed by atoms with Gasteiger partial charge in [0.25, 0.3) is 5.91 Å². The molecule has 0 unspecified atom stereocenters. The van der Waals surface area contributed by atoms with Gasteiger partial charge < -0.3 is 9.80 Å². The van der Waals surface area contributed by atoms with Crippen LogP contribution in [-0.4, -0.2) is 56.9 Å². The Kier molecular flexibility index (Phi) is 6.56. The van der Waals surface area contributed by atoms with Gasteiger partial charge in [-0.3, -0.25) is 9.78 Å². The third kappa shape index (κ3) is 5.03. The molecule has 2 heterocycles. The first-order chi connectivity index (χ1) is 13.5. The predicted molar refractivity (Wildman–Crippen MR) is 106 cm³/mol. The third-order valence-corrected chi connectivity index (χ3v) is 6.19. The van der Waals surface area contributed by atoms with Crippen molar-refractivity contribution in [3.63, 3.8) is 0 Å². The van der Waals surface area contributed by atoms with Crippen LogP contribution in [-0.2, 0) is 16.6 Å². The molecule has 0 atom stereocenters. The lowest BCUT2D eigenvalue weighted by atomic mass is 10.1. The molecule has 1 aliphatic rings. The van der Waals surface area contributed by atoms with Gasteiger partial charge in [-0.15, -0.1) is 6.58 Å². The van der Waals surface area contributed by atoms with Crippen LogP contribution in [0.2, 0.25) is 0 Å². The maximum absolute atomic E-state index is 12.8. The van der Waals surface area contributed by atoms with Crippen LogP contribution in [0.1, 0.15) is 15.9 Å². The second-order valence-electron chi connectivity index (χ2n) is 6.74. The average molecular weight is 402 g/mol.